The summed E-state index contributed by atoms with van der Waals surface area (Å²) in [6, 6.07) is 5.30. The van der Waals surface area contributed by atoms with Crippen LogP contribution in [-0.2, 0) is 4.74 Å². The van der Waals surface area contributed by atoms with Crippen molar-refractivity contribution in [2.24, 2.45) is 17.8 Å². The molecule has 6 rings (SSSR count). The molecule has 4 aliphatic rings. The smallest absolute Gasteiger partial charge is 0.413 e. The van der Waals surface area contributed by atoms with E-state index >= 15 is 0 Å². The predicted octanol–water partition coefficient (Wildman–Crippen LogP) is 5.00. The van der Waals surface area contributed by atoms with Crippen LogP contribution in [0.1, 0.15) is 38.5 Å². The summed E-state index contributed by atoms with van der Waals surface area (Å²) in [5, 5.41) is 7.76. The number of carbonyl (C=O) groups excluding carboxylic acids is 1. The summed E-state index contributed by atoms with van der Waals surface area (Å²) in [6.07, 6.45) is 6.51. The molecule has 0 aliphatic heterocycles. The molecule has 0 unspecified atom stereocenters. The molecule has 2 aromatic rings. The van der Waals surface area contributed by atoms with Crippen molar-refractivity contribution in [1.29, 1.82) is 0 Å². The first-order chi connectivity index (χ1) is 11.6. The Balaban J connectivity index is 1.36. The highest BCUT2D eigenvalue weighted by atomic mass is 35.5. The summed E-state index contributed by atoms with van der Waals surface area (Å²) in [4.78, 5) is 12.5. The molecule has 4 fully saturated rings. The van der Waals surface area contributed by atoms with Crippen molar-refractivity contribution in [1.82, 2.24) is 5.16 Å². The maximum absolute atomic E-state index is 12.5. The van der Waals surface area contributed by atoms with E-state index in [1.54, 1.807) is 18.2 Å². The van der Waals surface area contributed by atoms with Gasteiger partial charge in [-0.3, -0.25) is 5.32 Å². The molecule has 1 heterocycles. The summed E-state index contributed by atoms with van der Waals surface area (Å²) in [5.41, 5.74) is 0.273. The zero-order valence-electron chi connectivity index (χ0n) is 13.3. The van der Waals surface area contributed by atoms with E-state index in [4.69, 9.17) is 20.9 Å². The average molecular weight is 347 g/mol. The molecule has 24 heavy (non-hydrogen) atoms. The topological polar surface area (TPSA) is 64.4 Å². The molecule has 1 amide bonds. The summed E-state index contributed by atoms with van der Waals surface area (Å²) >= 11 is 6.19. The number of rotatable bonds is 2. The number of hydrogen-bond acceptors (Lipinski definition) is 4. The van der Waals surface area contributed by atoms with Crippen molar-refractivity contribution in [3.63, 3.8) is 0 Å². The highest BCUT2D eigenvalue weighted by Gasteiger charge is 2.53. The van der Waals surface area contributed by atoms with Crippen molar-refractivity contribution < 1.29 is 14.1 Å². The fourth-order valence-electron chi connectivity index (χ4n) is 5.51. The largest absolute Gasteiger partial charge is 0.443 e. The van der Waals surface area contributed by atoms with Gasteiger partial charge < -0.3 is 9.26 Å². The van der Waals surface area contributed by atoms with Crippen molar-refractivity contribution in [2.45, 2.75) is 44.1 Å². The summed E-state index contributed by atoms with van der Waals surface area (Å²) in [7, 11) is 0. The van der Waals surface area contributed by atoms with Crippen molar-refractivity contribution in [3.05, 3.63) is 23.2 Å². The number of fused-ring (bicyclic) bond motifs is 1. The van der Waals surface area contributed by atoms with E-state index in [1.165, 1.54) is 19.3 Å². The lowest BCUT2D eigenvalue weighted by molar-refractivity contribution is -0.124. The number of aromatic nitrogens is 1. The monoisotopic (exact) mass is 346 g/mol. The Morgan fingerprint density at radius 3 is 2.54 bits per heavy atom. The van der Waals surface area contributed by atoms with Crippen LogP contribution in [0.15, 0.2) is 22.7 Å². The quantitative estimate of drug-likeness (QED) is 0.831. The second-order valence-electron chi connectivity index (χ2n) is 7.76. The highest BCUT2D eigenvalue weighted by molar-refractivity contribution is 6.36. The van der Waals surface area contributed by atoms with Crippen LogP contribution in [0, 0.1) is 17.8 Å². The van der Waals surface area contributed by atoms with Crippen molar-refractivity contribution >= 4 is 34.5 Å². The van der Waals surface area contributed by atoms with Crippen LogP contribution in [0.5, 0.6) is 0 Å². The fraction of sp³-hybridized carbons (Fsp3) is 0.556. The Morgan fingerprint density at radius 2 is 1.88 bits per heavy atom. The van der Waals surface area contributed by atoms with Crippen molar-refractivity contribution in [3.8, 4) is 0 Å². The van der Waals surface area contributed by atoms with Crippen LogP contribution >= 0.6 is 11.6 Å². The lowest BCUT2D eigenvalue weighted by Crippen LogP contribution is -2.53. The minimum atomic E-state index is -0.452. The van der Waals surface area contributed by atoms with Crippen molar-refractivity contribution in [2.75, 3.05) is 5.32 Å². The van der Waals surface area contributed by atoms with Gasteiger partial charge in [-0.05, 0) is 68.4 Å². The number of hydrogen-bond donors (Lipinski definition) is 1. The van der Waals surface area contributed by atoms with Gasteiger partial charge in [0.05, 0.1) is 10.4 Å². The number of nitrogens with one attached hydrogen (secondary N) is 1. The molecule has 4 saturated carbocycles. The van der Waals surface area contributed by atoms with Crippen LogP contribution in [0.25, 0.3) is 11.0 Å². The molecular weight excluding hydrogens is 328 g/mol. The maximum Gasteiger partial charge on any atom is 0.413 e. The molecule has 0 radical (unpaired) electrons. The number of amides is 1. The Morgan fingerprint density at radius 1 is 1.21 bits per heavy atom. The number of carbonyl (C=O) groups is 1. The molecule has 4 bridgehead atoms. The normalized spacial score (nSPS) is 33.8. The van der Waals surface area contributed by atoms with Gasteiger partial charge in [0.25, 0.3) is 0 Å². The van der Waals surface area contributed by atoms with E-state index in [0.717, 1.165) is 37.0 Å². The van der Waals surface area contributed by atoms with Gasteiger partial charge in [-0.2, -0.15) is 0 Å². The summed E-state index contributed by atoms with van der Waals surface area (Å²) in [5.74, 6) is 2.51. The number of nitrogens with zero attached hydrogens (tertiary/aromatic N) is 1. The third-order valence-electron chi connectivity index (χ3n) is 5.96. The number of benzene rings is 1. The first-order valence-electron chi connectivity index (χ1n) is 8.64. The Hall–Kier alpha value is -1.75. The molecule has 4 aliphatic carbocycles. The second kappa shape index (κ2) is 5.12. The lowest BCUT2D eigenvalue weighted by Gasteiger charge is -2.55. The van der Waals surface area contributed by atoms with E-state index in [1.807, 2.05) is 0 Å². The van der Waals surface area contributed by atoms with Crippen LogP contribution in [0.2, 0.25) is 5.02 Å². The molecule has 5 nitrogen and oxygen atoms in total. The fourth-order valence-corrected chi connectivity index (χ4v) is 5.77. The number of halogens is 1. The molecule has 1 aromatic carbocycles. The Bertz CT molecular complexity index is 780. The summed E-state index contributed by atoms with van der Waals surface area (Å²) in [6.45, 7) is 0. The molecule has 1 aromatic heterocycles. The van der Waals surface area contributed by atoms with Crippen LogP contribution < -0.4 is 5.32 Å². The van der Waals surface area contributed by atoms with Gasteiger partial charge in [0.2, 0.25) is 0 Å². The van der Waals surface area contributed by atoms with Gasteiger partial charge in [0.15, 0.2) is 11.4 Å². The molecule has 126 valence electrons. The molecule has 0 saturated heterocycles. The standard InChI is InChI=1S/C18H19ClN2O3/c19-13-2-1-3-14-15(13)16(21-24-14)20-17(22)23-18-7-10-4-11(8-18)6-12(5-10)9-18/h1-3,10-12H,4-9H2,(H,20,21,22). The highest BCUT2D eigenvalue weighted by Crippen LogP contribution is 2.57. The third-order valence-corrected chi connectivity index (χ3v) is 6.27. The van der Waals surface area contributed by atoms with E-state index in [9.17, 15) is 4.79 Å². The minimum Gasteiger partial charge on any atom is -0.443 e. The van der Waals surface area contributed by atoms with Gasteiger partial charge in [0, 0.05) is 0 Å². The van der Waals surface area contributed by atoms with Gasteiger partial charge in [-0.15, -0.1) is 0 Å². The number of anilines is 1. The van der Waals surface area contributed by atoms with E-state index in [0.29, 0.717) is 21.8 Å². The van der Waals surface area contributed by atoms with E-state index in [-0.39, 0.29) is 5.60 Å². The Kier molecular flexibility index (Phi) is 3.11. The molecule has 0 spiro atoms. The zero-order valence-corrected chi connectivity index (χ0v) is 14.0. The predicted molar refractivity (Wildman–Crippen MR) is 90.0 cm³/mol. The summed E-state index contributed by atoms with van der Waals surface area (Å²) < 4.78 is 11.2. The van der Waals surface area contributed by atoms with Gasteiger partial charge >= 0.3 is 6.09 Å². The third kappa shape index (κ3) is 2.29. The van der Waals surface area contributed by atoms with Crippen LogP contribution in [0.4, 0.5) is 10.6 Å². The van der Waals surface area contributed by atoms with Crippen LogP contribution in [-0.4, -0.2) is 16.9 Å². The van der Waals surface area contributed by atoms with E-state index < -0.39 is 6.09 Å². The molecular formula is C18H19ClN2O3. The Labute approximate surface area is 144 Å². The second-order valence-corrected chi connectivity index (χ2v) is 8.17. The minimum absolute atomic E-state index is 0.276. The molecule has 0 atom stereocenters. The number of ether oxygens (including phenoxy) is 1. The van der Waals surface area contributed by atoms with Gasteiger partial charge in [-0.1, -0.05) is 22.8 Å². The molecule has 6 heteroatoms. The average Bonchev–Trinajstić information content (AvgIpc) is 2.89. The van der Waals surface area contributed by atoms with Gasteiger partial charge in [-0.25, -0.2) is 4.79 Å². The lowest BCUT2D eigenvalue weighted by atomic mass is 9.54. The van der Waals surface area contributed by atoms with Crippen LogP contribution in [0.3, 0.4) is 0 Å². The first-order valence-corrected chi connectivity index (χ1v) is 9.02. The molecule has 1 N–H and O–H groups in total. The maximum atomic E-state index is 12.5. The first kappa shape index (κ1) is 14.6. The van der Waals surface area contributed by atoms with E-state index in [2.05, 4.69) is 10.5 Å². The zero-order chi connectivity index (χ0) is 16.3. The SMILES string of the molecule is O=C(Nc1noc2cccc(Cl)c12)OC12CC3CC(CC(C3)C1)C2. The van der Waals surface area contributed by atoms with Gasteiger partial charge in [0.1, 0.15) is 5.60 Å².